The molecule has 6 rings (SSSR count). The summed E-state index contributed by atoms with van der Waals surface area (Å²) in [5.74, 6) is 0.367. The van der Waals surface area contributed by atoms with E-state index in [0.29, 0.717) is 60.9 Å². The molecule has 3 aromatic heterocycles. The quantitative estimate of drug-likeness (QED) is 0.221. The zero-order chi connectivity index (χ0) is 30.1. The van der Waals surface area contributed by atoms with Gasteiger partial charge in [0.05, 0.1) is 41.0 Å². The number of nitrogens with zero attached hydrogens (tertiary/aromatic N) is 6. The molecule has 1 saturated heterocycles. The molecule has 0 unspecified atom stereocenters. The number of carbonyl (C=O) groups excluding carboxylic acids is 2. The molecule has 13 nitrogen and oxygen atoms in total. The highest BCUT2D eigenvalue weighted by atomic mass is 16.5. The van der Waals surface area contributed by atoms with E-state index >= 15 is 0 Å². The van der Waals surface area contributed by atoms with Crippen LogP contribution in [0, 0.1) is 13.8 Å². The number of fused-ring (bicyclic) bond motifs is 2. The number of hydrogen-bond donors (Lipinski definition) is 3. The molecule has 13 heteroatoms. The highest BCUT2D eigenvalue weighted by molar-refractivity contribution is 6.03. The Kier molecular flexibility index (Phi) is 7.65. The average molecular weight is 584 g/mol. The van der Waals surface area contributed by atoms with E-state index in [0.717, 1.165) is 41.7 Å². The lowest BCUT2D eigenvalue weighted by atomic mass is 10.1. The Balaban J connectivity index is 1.31. The summed E-state index contributed by atoms with van der Waals surface area (Å²) < 4.78 is 14.9. The van der Waals surface area contributed by atoms with Crippen molar-refractivity contribution in [1.82, 2.24) is 29.0 Å². The molecule has 1 fully saturated rings. The lowest BCUT2D eigenvalue weighted by Crippen LogP contribution is -2.35. The summed E-state index contributed by atoms with van der Waals surface area (Å²) >= 11 is 0. The van der Waals surface area contributed by atoms with Gasteiger partial charge in [-0.3, -0.25) is 19.8 Å². The van der Waals surface area contributed by atoms with E-state index in [9.17, 15) is 9.59 Å². The van der Waals surface area contributed by atoms with Gasteiger partial charge in [-0.1, -0.05) is 24.3 Å². The first-order chi connectivity index (χ1) is 20.8. The van der Waals surface area contributed by atoms with Crippen LogP contribution in [0.5, 0.6) is 0 Å². The Morgan fingerprint density at radius 2 is 1.77 bits per heavy atom. The van der Waals surface area contributed by atoms with E-state index in [2.05, 4.69) is 26.3 Å². The van der Waals surface area contributed by atoms with Crippen molar-refractivity contribution in [2.24, 2.45) is 5.73 Å². The minimum atomic E-state index is -0.521. The molecule has 0 radical (unpaired) electrons. The number of aromatic nitrogens is 5. The van der Waals surface area contributed by atoms with E-state index < -0.39 is 11.8 Å². The van der Waals surface area contributed by atoms with Gasteiger partial charge < -0.3 is 29.8 Å². The van der Waals surface area contributed by atoms with Crippen LogP contribution in [-0.4, -0.2) is 67.1 Å². The molecule has 1 aliphatic heterocycles. The first kappa shape index (κ1) is 28.1. The lowest BCUT2D eigenvalue weighted by Gasteiger charge is -2.27. The number of allylic oxidation sites excluding steroid dienone is 2. The van der Waals surface area contributed by atoms with E-state index in [1.54, 1.807) is 32.0 Å². The number of para-hydroxylation sites is 1. The van der Waals surface area contributed by atoms with Crippen molar-refractivity contribution in [3.8, 4) is 0 Å². The van der Waals surface area contributed by atoms with Gasteiger partial charge >= 0.3 is 0 Å². The number of aryl methyl sites for hydroxylation is 2. The van der Waals surface area contributed by atoms with Crippen molar-refractivity contribution in [3.63, 3.8) is 0 Å². The number of hydrogen-bond acceptors (Lipinski definition) is 9. The fourth-order valence-corrected chi connectivity index (χ4v) is 5.41. The van der Waals surface area contributed by atoms with Crippen LogP contribution in [0.4, 0.5) is 11.9 Å². The SMILES string of the molecule is Cc1nc(C)c(C(=O)Nc2nc3cccc(CN4CCOCC4)c3n2C/C=C/Cn2c(N)nc3cc(C(N)=O)ccc32)o1. The molecule has 5 aromatic rings. The third-order valence-corrected chi connectivity index (χ3v) is 7.49. The largest absolute Gasteiger partial charge is 0.436 e. The van der Waals surface area contributed by atoms with Crippen LogP contribution in [-0.2, 0) is 24.4 Å². The van der Waals surface area contributed by atoms with Gasteiger partial charge in [-0.2, -0.15) is 0 Å². The normalized spacial score (nSPS) is 14.3. The van der Waals surface area contributed by atoms with Gasteiger partial charge in [0.25, 0.3) is 5.91 Å². The summed E-state index contributed by atoms with van der Waals surface area (Å²) in [7, 11) is 0. The van der Waals surface area contributed by atoms with Crippen molar-refractivity contribution >= 4 is 45.8 Å². The van der Waals surface area contributed by atoms with Crippen molar-refractivity contribution < 1.29 is 18.7 Å². The molecule has 2 amide bonds. The maximum atomic E-state index is 13.2. The van der Waals surface area contributed by atoms with E-state index in [-0.39, 0.29) is 5.76 Å². The smallest absolute Gasteiger partial charge is 0.295 e. The number of oxazole rings is 1. The Bertz CT molecular complexity index is 1860. The summed E-state index contributed by atoms with van der Waals surface area (Å²) in [6, 6.07) is 11.1. The molecule has 0 atom stereocenters. The van der Waals surface area contributed by atoms with Crippen LogP contribution in [0.2, 0.25) is 0 Å². The Hall–Kier alpha value is -5.01. The molecule has 43 heavy (non-hydrogen) atoms. The number of rotatable bonds is 9. The Morgan fingerprint density at radius 1 is 1.00 bits per heavy atom. The van der Waals surface area contributed by atoms with Crippen LogP contribution in [0.25, 0.3) is 22.1 Å². The zero-order valence-corrected chi connectivity index (χ0v) is 24.0. The maximum absolute atomic E-state index is 13.2. The second-order valence-corrected chi connectivity index (χ2v) is 10.4. The molecule has 0 spiro atoms. The second-order valence-electron chi connectivity index (χ2n) is 10.4. The fourth-order valence-electron chi connectivity index (χ4n) is 5.41. The second kappa shape index (κ2) is 11.7. The molecule has 0 saturated carbocycles. The lowest BCUT2D eigenvalue weighted by molar-refractivity contribution is 0.0343. The van der Waals surface area contributed by atoms with E-state index in [1.165, 1.54) is 0 Å². The Morgan fingerprint density at radius 3 is 2.49 bits per heavy atom. The number of benzene rings is 2. The standard InChI is InChI=1S/C30H33N9O4/c1-18-26(43-19(2)33-18)28(41)36-30-35-22-7-5-6-21(17-37-12-14-42-15-13-37)25(22)39(30)11-4-3-10-38-24-9-8-20(27(31)40)16-23(24)34-29(38)32/h3-9,16H,10-15,17H2,1-2H3,(H2,31,40)(H2,32,34)(H,35,36,41)/b4-3+. The molecule has 222 valence electrons. The van der Waals surface area contributed by atoms with Gasteiger partial charge in [0, 0.05) is 45.2 Å². The number of imidazole rings is 2. The molecule has 1 aliphatic rings. The number of carbonyl (C=O) groups is 2. The number of anilines is 2. The summed E-state index contributed by atoms with van der Waals surface area (Å²) in [5.41, 5.74) is 16.7. The van der Waals surface area contributed by atoms with Gasteiger partial charge in [0.15, 0.2) is 5.89 Å². The third kappa shape index (κ3) is 5.72. The molecular weight excluding hydrogens is 550 g/mol. The maximum Gasteiger partial charge on any atom is 0.295 e. The zero-order valence-electron chi connectivity index (χ0n) is 24.0. The third-order valence-electron chi connectivity index (χ3n) is 7.49. The topological polar surface area (TPSA) is 172 Å². The minimum absolute atomic E-state index is 0.155. The monoisotopic (exact) mass is 583 g/mol. The number of morpholine rings is 1. The average Bonchev–Trinajstić information content (AvgIpc) is 3.62. The van der Waals surface area contributed by atoms with Gasteiger partial charge in [0.2, 0.25) is 23.6 Å². The Labute approximate surface area is 247 Å². The highest BCUT2D eigenvalue weighted by Gasteiger charge is 2.22. The van der Waals surface area contributed by atoms with Gasteiger partial charge in [-0.15, -0.1) is 0 Å². The molecule has 5 N–H and O–H groups in total. The fraction of sp³-hybridized carbons (Fsp3) is 0.300. The number of nitrogens with two attached hydrogens (primary N) is 2. The van der Waals surface area contributed by atoms with Crippen LogP contribution >= 0.6 is 0 Å². The van der Waals surface area contributed by atoms with Gasteiger partial charge in [-0.05, 0) is 36.8 Å². The van der Waals surface area contributed by atoms with Crippen LogP contribution < -0.4 is 16.8 Å². The van der Waals surface area contributed by atoms with Crippen LogP contribution in [0.3, 0.4) is 0 Å². The van der Waals surface area contributed by atoms with Crippen molar-refractivity contribution in [1.29, 1.82) is 0 Å². The summed E-state index contributed by atoms with van der Waals surface area (Å²) in [6.07, 6.45) is 3.97. The summed E-state index contributed by atoms with van der Waals surface area (Å²) in [5, 5.41) is 2.94. The van der Waals surface area contributed by atoms with Crippen LogP contribution in [0.1, 0.15) is 38.1 Å². The van der Waals surface area contributed by atoms with E-state index in [1.807, 2.05) is 33.4 Å². The van der Waals surface area contributed by atoms with E-state index in [4.69, 9.17) is 25.6 Å². The first-order valence-corrected chi connectivity index (χ1v) is 14.0. The minimum Gasteiger partial charge on any atom is -0.436 e. The van der Waals surface area contributed by atoms with Crippen LogP contribution in [0.15, 0.2) is 53.0 Å². The molecule has 0 bridgehead atoms. The predicted octanol–water partition coefficient (Wildman–Crippen LogP) is 3.01. The first-order valence-electron chi connectivity index (χ1n) is 14.0. The molecule has 4 heterocycles. The highest BCUT2D eigenvalue weighted by Crippen LogP contribution is 2.26. The van der Waals surface area contributed by atoms with Gasteiger partial charge in [-0.25, -0.2) is 15.0 Å². The number of nitrogen functional groups attached to an aromatic ring is 1. The molecular formula is C30H33N9O4. The number of primary amides is 1. The number of amides is 2. The number of ether oxygens (including phenoxy) is 1. The molecule has 2 aromatic carbocycles. The van der Waals surface area contributed by atoms with Crippen molar-refractivity contribution in [2.75, 3.05) is 37.4 Å². The molecule has 0 aliphatic carbocycles. The summed E-state index contributed by atoms with van der Waals surface area (Å²) in [6.45, 7) is 8.14. The van der Waals surface area contributed by atoms with Crippen molar-refractivity contribution in [3.05, 3.63) is 77.0 Å². The predicted molar refractivity (Wildman–Crippen MR) is 162 cm³/mol. The number of nitrogens with one attached hydrogen (secondary N) is 1. The van der Waals surface area contributed by atoms with Gasteiger partial charge in [0.1, 0.15) is 0 Å². The summed E-state index contributed by atoms with van der Waals surface area (Å²) in [4.78, 5) is 40.5. The van der Waals surface area contributed by atoms with Crippen molar-refractivity contribution in [2.45, 2.75) is 33.5 Å².